The Bertz CT molecular complexity index is 1100. The summed E-state index contributed by atoms with van der Waals surface area (Å²) in [5.74, 6) is 0.270. The summed E-state index contributed by atoms with van der Waals surface area (Å²) in [6.07, 6.45) is 6.75. The van der Waals surface area contributed by atoms with Crippen LogP contribution in [-0.4, -0.2) is 22.8 Å². The number of carbonyl (C=O) groups is 2. The number of pyridine rings is 1. The number of anilines is 1. The van der Waals surface area contributed by atoms with Gasteiger partial charge in [-0.2, -0.15) is 0 Å². The van der Waals surface area contributed by atoms with Gasteiger partial charge < -0.3 is 10.6 Å². The van der Waals surface area contributed by atoms with Crippen LogP contribution in [0.5, 0.6) is 0 Å². The second kappa shape index (κ2) is 7.90. The maximum Gasteiger partial charge on any atom is 0.256 e. The Morgan fingerprint density at radius 3 is 2.33 bits per heavy atom. The molecule has 152 valence electrons. The molecule has 5 nitrogen and oxygen atoms in total. The first-order valence-corrected chi connectivity index (χ1v) is 10.8. The van der Waals surface area contributed by atoms with E-state index in [9.17, 15) is 9.59 Å². The molecule has 0 aliphatic heterocycles. The lowest BCUT2D eigenvalue weighted by molar-refractivity contribution is 0.0937. The molecule has 5 heteroatoms. The Morgan fingerprint density at radius 1 is 0.867 bits per heavy atom. The molecule has 0 radical (unpaired) electrons. The van der Waals surface area contributed by atoms with Gasteiger partial charge >= 0.3 is 0 Å². The SMILES string of the molecule is O=C(NC1CCCC1)c1ccc(NC(=O)c2cc(C3CC3)nc3ccccc23)cc1. The third kappa shape index (κ3) is 3.92. The van der Waals surface area contributed by atoms with Gasteiger partial charge in [-0.3, -0.25) is 14.6 Å². The highest BCUT2D eigenvalue weighted by Crippen LogP contribution is 2.40. The minimum absolute atomic E-state index is 0.0472. The average Bonchev–Trinajstić information content (AvgIpc) is 3.50. The Labute approximate surface area is 175 Å². The lowest BCUT2D eigenvalue weighted by Crippen LogP contribution is -2.32. The normalized spacial score (nSPS) is 16.5. The van der Waals surface area contributed by atoms with Crippen LogP contribution in [0.1, 0.15) is 70.9 Å². The summed E-state index contributed by atoms with van der Waals surface area (Å²) in [4.78, 5) is 30.2. The molecule has 0 spiro atoms. The number of para-hydroxylation sites is 1. The maximum atomic E-state index is 13.1. The molecule has 2 aliphatic rings. The summed E-state index contributed by atoms with van der Waals surface area (Å²) < 4.78 is 0. The Hall–Kier alpha value is -3.21. The molecule has 2 fully saturated rings. The number of rotatable bonds is 5. The number of nitrogens with one attached hydrogen (secondary N) is 2. The monoisotopic (exact) mass is 399 g/mol. The van der Waals surface area contributed by atoms with E-state index < -0.39 is 0 Å². The second-order valence-electron chi connectivity index (χ2n) is 8.37. The molecule has 30 heavy (non-hydrogen) atoms. The van der Waals surface area contributed by atoms with Crippen molar-refractivity contribution in [3.8, 4) is 0 Å². The smallest absolute Gasteiger partial charge is 0.256 e. The highest BCUT2D eigenvalue weighted by Gasteiger charge is 2.27. The van der Waals surface area contributed by atoms with Gasteiger partial charge in [0.1, 0.15) is 0 Å². The van der Waals surface area contributed by atoms with Crippen molar-refractivity contribution >= 4 is 28.4 Å². The molecule has 1 heterocycles. The van der Waals surface area contributed by atoms with Crippen LogP contribution in [-0.2, 0) is 0 Å². The summed E-state index contributed by atoms with van der Waals surface area (Å²) in [7, 11) is 0. The molecule has 2 amide bonds. The number of hydrogen-bond acceptors (Lipinski definition) is 3. The molecule has 3 aromatic rings. The van der Waals surface area contributed by atoms with Gasteiger partial charge in [0, 0.05) is 34.3 Å². The van der Waals surface area contributed by atoms with Gasteiger partial charge in [0.05, 0.1) is 11.1 Å². The van der Waals surface area contributed by atoms with Crippen LogP contribution in [0.15, 0.2) is 54.6 Å². The zero-order valence-corrected chi connectivity index (χ0v) is 16.9. The number of nitrogens with zero attached hydrogens (tertiary/aromatic N) is 1. The molecule has 2 saturated carbocycles. The first-order chi connectivity index (χ1) is 14.7. The summed E-state index contributed by atoms with van der Waals surface area (Å²) in [5.41, 5.74) is 3.78. The van der Waals surface area contributed by atoms with E-state index in [-0.39, 0.29) is 17.9 Å². The van der Waals surface area contributed by atoms with Crippen LogP contribution >= 0.6 is 0 Å². The Kier molecular flexibility index (Phi) is 4.95. The van der Waals surface area contributed by atoms with Crippen LogP contribution in [0.2, 0.25) is 0 Å². The van der Waals surface area contributed by atoms with Gasteiger partial charge in [0.25, 0.3) is 11.8 Å². The summed E-state index contributed by atoms with van der Waals surface area (Å²) in [6.45, 7) is 0. The van der Waals surface area contributed by atoms with Crippen LogP contribution in [0.3, 0.4) is 0 Å². The zero-order valence-electron chi connectivity index (χ0n) is 16.9. The van der Waals surface area contributed by atoms with Crippen LogP contribution < -0.4 is 10.6 Å². The van der Waals surface area contributed by atoms with E-state index in [4.69, 9.17) is 4.98 Å². The van der Waals surface area contributed by atoms with Crippen LogP contribution in [0.25, 0.3) is 10.9 Å². The number of hydrogen-bond donors (Lipinski definition) is 2. The van der Waals surface area contributed by atoms with Gasteiger partial charge in [-0.15, -0.1) is 0 Å². The fraction of sp³-hybridized carbons (Fsp3) is 0.320. The zero-order chi connectivity index (χ0) is 20.5. The maximum absolute atomic E-state index is 13.1. The van der Waals surface area contributed by atoms with E-state index in [1.807, 2.05) is 30.3 Å². The van der Waals surface area contributed by atoms with Crippen molar-refractivity contribution in [1.82, 2.24) is 10.3 Å². The molecule has 1 aromatic heterocycles. The fourth-order valence-electron chi connectivity index (χ4n) is 4.21. The van der Waals surface area contributed by atoms with E-state index in [1.54, 1.807) is 24.3 Å². The molecule has 2 aliphatic carbocycles. The number of fused-ring (bicyclic) bond motifs is 1. The summed E-state index contributed by atoms with van der Waals surface area (Å²) in [6, 6.07) is 17.1. The minimum Gasteiger partial charge on any atom is -0.349 e. The molecular formula is C25H25N3O2. The van der Waals surface area contributed by atoms with Crippen molar-refractivity contribution in [1.29, 1.82) is 0 Å². The number of benzene rings is 2. The predicted molar refractivity (Wildman–Crippen MR) is 118 cm³/mol. The summed E-state index contributed by atoms with van der Waals surface area (Å²) >= 11 is 0. The lowest BCUT2D eigenvalue weighted by atomic mass is 10.0. The quantitative estimate of drug-likeness (QED) is 0.632. The van der Waals surface area contributed by atoms with Crippen LogP contribution in [0, 0.1) is 0 Å². The molecule has 0 unspecified atom stereocenters. The largest absolute Gasteiger partial charge is 0.349 e. The van der Waals surface area contributed by atoms with Crippen molar-refractivity contribution in [2.24, 2.45) is 0 Å². The molecule has 0 bridgehead atoms. The second-order valence-corrected chi connectivity index (χ2v) is 8.37. The van der Waals surface area contributed by atoms with Crippen molar-refractivity contribution in [2.75, 3.05) is 5.32 Å². The first kappa shape index (κ1) is 18.8. The highest BCUT2D eigenvalue weighted by molar-refractivity contribution is 6.12. The van der Waals surface area contributed by atoms with Gasteiger partial charge in [0.2, 0.25) is 0 Å². The molecule has 2 aromatic carbocycles. The topological polar surface area (TPSA) is 71.1 Å². The standard InChI is InChI=1S/C25H25N3O2/c29-24(26-18-5-1-2-6-18)17-11-13-19(14-12-17)27-25(30)21-15-23(16-9-10-16)28-22-8-4-3-7-20(21)22/h3-4,7-8,11-16,18H,1-2,5-6,9-10H2,(H,26,29)(H,27,30). The van der Waals surface area contributed by atoms with E-state index in [0.717, 1.165) is 42.3 Å². The van der Waals surface area contributed by atoms with Gasteiger partial charge in [-0.05, 0) is 62.1 Å². The van der Waals surface area contributed by atoms with E-state index in [0.29, 0.717) is 22.7 Å². The number of carbonyl (C=O) groups excluding carboxylic acids is 2. The van der Waals surface area contributed by atoms with Crippen molar-refractivity contribution < 1.29 is 9.59 Å². The Balaban J connectivity index is 1.33. The average molecular weight is 399 g/mol. The molecular weight excluding hydrogens is 374 g/mol. The van der Waals surface area contributed by atoms with E-state index in [2.05, 4.69) is 10.6 Å². The van der Waals surface area contributed by atoms with E-state index >= 15 is 0 Å². The van der Waals surface area contributed by atoms with Crippen LogP contribution in [0.4, 0.5) is 5.69 Å². The van der Waals surface area contributed by atoms with E-state index in [1.165, 1.54) is 12.8 Å². The van der Waals surface area contributed by atoms with Gasteiger partial charge in [-0.25, -0.2) is 0 Å². The fourth-order valence-corrected chi connectivity index (χ4v) is 4.21. The summed E-state index contributed by atoms with van der Waals surface area (Å²) in [5, 5.41) is 6.92. The van der Waals surface area contributed by atoms with Crippen molar-refractivity contribution in [3.63, 3.8) is 0 Å². The van der Waals surface area contributed by atoms with Crippen molar-refractivity contribution in [3.05, 3.63) is 71.4 Å². The first-order valence-electron chi connectivity index (χ1n) is 10.8. The van der Waals surface area contributed by atoms with Gasteiger partial charge in [0.15, 0.2) is 0 Å². The third-order valence-electron chi connectivity index (χ3n) is 6.07. The molecule has 0 atom stereocenters. The number of amides is 2. The van der Waals surface area contributed by atoms with Crippen molar-refractivity contribution in [2.45, 2.75) is 50.5 Å². The minimum atomic E-state index is -0.154. The predicted octanol–water partition coefficient (Wildman–Crippen LogP) is 5.04. The molecule has 0 saturated heterocycles. The number of aromatic nitrogens is 1. The van der Waals surface area contributed by atoms with Gasteiger partial charge in [-0.1, -0.05) is 31.0 Å². The molecule has 5 rings (SSSR count). The third-order valence-corrected chi connectivity index (χ3v) is 6.07. The molecule has 2 N–H and O–H groups in total. The Morgan fingerprint density at radius 2 is 1.60 bits per heavy atom. The lowest BCUT2D eigenvalue weighted by Gasteiger charge is -2.13. The highest BCUT2D eigenvalue weighted by atomic mass is 16.2.